The topological polar surface area (TPSA) is 39.7 Å². The van der Waals surface area contributed by atoms with Crippen LogP contribution in [-0.2, 0) is 4.74 Å². The van der Waals surface area contributed by atoms with Crippen LogP contribution in [-0.4, -0.2) is 20.8 Å². The van der Waals surface area contributed by atoms with Crippen molar-refractivity contribution in [1.82, 2.24) is 0 Å². The van der Waals surface area contributed by atoms with Crippen LogP contribution >= 0.6 is 15.9 Å². The van der Waals surface area contributed by atoms with E-state index in [1.165, 1.54) is 27.9 Å². The third-order valence-corrected chi connectivity index (χ3v) is 6.09. The molecule has 2 heterocycles. The second-order valence-corrected chi connectivity index (χ2v) is 8.00. The van der Waals surface area contributed by atoms with Gasteiger partial charge in [0.15, 0.2) is 11.5 Å². The quantitative estimate of drug-likeness (QED) is 0.732. The van der Waals surface area contributed by atoms with E-state index in [0.29, 0.717) is 5.92 Å². The van der Waals surface area contributed by atoms with Gasteiger partial charge in [0.05, 0.1) is 30.8 Å². The Kier molecular flexibility index (Phi) is 4.61. The molecule has 26 heavy (non-hydrogen) atoms. The van der Waals surface area contributed by atoms with Crippen LogP contribution < -0.4 is 14.8 Å². The van der Waals surface area contributed by atoms with Gasteiger partial charge in [-0.25, -0.2) is 0 Å². The third-order valence-electron chi connectivity index (χ3n) is 5.50. The molecule has 0 bridgehead atoms. The van der Waals surface area contributed by atoms with Gasteiger partial charge in [0.1, 0.15) is 0 Å². The van der Waals surface area contributed by atoms with Crippen LogP contribution in [0.25, 0.3) is 0 Å². The standard InChI is InChI=1S/C21H24BrNO3/c1-11-7-12(2)18-15(8-11)20-14(5-6-26-20)19(23-18)13-9-16(22)21(25-4)17(10-13)24-3/h7-10,14,19-20,23H,5-6H2,1-4H3/t14-,19+,20-/m0/s1. The van der Waals surface area contributed by atoms with Gasteiger partial charge < -0.3 is 19.5 Å². The zero-order valence-electron chi connectivity index (χ0n) is 15.6. The van der Waals surface area contributed by atoms with Gasteiger partial charge in [0, 0.05) is 23.8 Å². The number of anilines is 1. The van der Waals surface area contributed by atoms with Crippen LogP contribution in [0, 0.1) is 19.8 Å². The molecule has 0 aliphatic carbocycles. The summed E-state index contributed by atoms with van der Waals surface area (Å²) in [7, 11) is 3.33. The van der Waals surface area contributed by atoms with Crippen molar-refractivity contribution in [3.63, 3.8) is 0 Å². The van der Waals surface area contributed by atoms with Crippen LogP contribution in [0.2, 0.25) is 0 Å². The summed E-state index contributed by atoms with van der Waals surface area (Å²) in [6, 6.07) is 8.86. The maximum atomic E-state index is 6.17. The van der Waals surface area contributed by atoms with E-state index in [0.717, 1.165) is 29.0 Å². The maximum Gasteiger partial charge on any atom is 0.174 e. The molecule has 2 aliphatic rings. The number of rotatable bonds is 3. The molecule has 3 atom stereocenters. The molecule has 0 aromatic heterocycles. The number of fused-ring (bicyclic) bond motifs is 3. The highest BCUT2D eigenvalue weighted by molar-refractivity contribution is 9.10. The first-order chi connectivity index (χ1) is 12.5. The van der Waals surface area contributed by atoms with Crippen molar-refractivity contribution < 1.29 is 14.2 Å². The van der Waals surface area contributed by atoms with E-state index in [2.05, 4.69) is 59.4 Å². The van der Waals surface area contributed by atoms with Crippen molar-refractivity contribution in [2.45, 2.75) is 32.4 Å². The lowest BCUT2D eigenvalue weighted by Gasteiger charge is -2.38. The van der Waals surface area contributed by atoms with Gasteiger partial charge in [-0.3, -0.25) is 0 Å². The predicted octanol–water partition coefficient (Wildman–Crippen LogP) is 5.33. The molecular formula is C21H24BrNO3. The normalized spacial score (nSPS) is 23.8. The molecule has 4 nitrogen and oxygen atoms in total. The van der Waals surface area contributed by atoms with Crippen LogP contribution in [0.4, 0.5) is 5.69 Å². The Hall–Kier alpha value is -1.72. The minimum atomic E-state index is 0.140. The van der Waals surface area contributed by atoms with Gasteiger partial charge in [-0.15, -0.1) is 0 Å². The van der Waals surface area contributed by atoms with Crippen LogP contribution in [0.3, 0.4) is 0 Å². The SMILES string of the molecule is COc1cc([C@H]2Nc3c(C)cc(C)cc3[C@H]3OCC[C@@H]23)cc(Br)c1OC. The minimum Gasteiger partial charge on any atom is -0.493 e. The lowest BCUT2D eigenvalue weighted by molar-refractivity contribution is 0.0828. The van der Waals surface area contributed by atoms with Crippen molar-refractivity contribution in [2.75, 3.05) is 26.1 Å². The van der Waals surface area contributed by atoms with E-state index >= 15 is 0 Å². The molecule has 2 aromatic rings. The largest absolute Gasteiger partial charge is 0.493 e. The number of methoxy groups -OCH3 is 2. The van der Waals surface area contributed by atoms with E-state index in [1.54, 1.807) is 14.2 Å². The summed E-state index contributed by atoms with van der Waals surface area (Å²) < 4.78 is 18.1. The number of ether oxygens (including phenoxy) is 3. The Morgan fingerprint density at radius 3 is 2.65 bits per heavy atom. The Balaban J connectivity index is 1.82. The van der Waals surface area contributed by atoms with Gasteiger partial charge in [-0.1, -0.05) is 17.7 Å². The zero-order valence-corrected chi connectivity index (χ0v) is 17.1. The molecule has 5 heteroatoms. The zero-order chi connectivity index (χ0) is 18.4. The molecule has 138 valence electrons. The molecule has 2 aromatic carbocycles. The van der Waals surface area contributed by atoms with E-state index in [-0.39, 0.29) is 12.1 Å². The smallest absolute Gasteiger partial charge is 0.174 e. The number of hydrogen-bond donors (Lipinski definition) is 1. The molecule has 4 rings (SSSR count). The number of halogens is 1. The Morgan fingerprint density at radius 1 is 1.12 bits per heavy atom. The lowest BCUT2D eigenvalue weighted by atomic mass is 9.79. The number of nitrogens with one attached hydrogen (secondary N) is 1. The molecule has 0 amide bonds. The van der Waals surface area contributed by atoms with E-state index in [1.807, 2.05) is 0 Å². The van der Waals surface area contributed by atoms with Crippen LogP contribution in [0.1, 0.15) is 40.8 Å². The summed E-state index contributed by atoms with van der Waals surface area (Å²) in [4.78, 5) is 0. The third kappa shape index (κ3) is 2.78. The first-order valence-electron chi connectivity index (χ1n) is 8.94. The fourth-order valence-electron chi connectivity index (χ4n) is 4.40. The monoisotopic (exact) mass is 417 g/mol. The first kappa shape index (κ1) is 17.7. The Labute approximate surface area is 163 Å². The second kappa shape index (κ2) is 6.78. The molecule has 0 radical (unpaired) electrons. The Morgan fingerprint density at radius 2 is 1.92 bits per heavy atom. The molecule has 1 fully saturated rings. The van der Waals surface area contributed by atoms with Crippen molar-refractivity contribution in [3.05, 3.63) is 51.0 Å². The van der Waals surface area contributed by atoms with Crippen molar-refractivity contribution in [2.24, 2.45) is 5.92 Å². The molecule has 2 aliphatic heterocycles. The predicted molar refractivity (Wildman–Crippen MR) is 106 cm³/mol. The summed E-state index contributed by atoms with van der Waals surface area (Å²) in [6.45, 7) is 5.11. The van der Waals surface area contributed by atoms with Crippen molar-refractivity contribution >= 4 is 21.6 Å². The summed E-state index contributed by atoms with van der Waals surface area (Å²) in [6.07, 6.45) is 1.18. The van der Waals surface area contributed by atoms with Crippen LogP contribution in [0.5, 0.6) is 11.5 Å². The fraction of sp³-hybridized carbons (Fsp3) is 0.429. The highest BCUT2D eigenvalue weighted by Crippen LogP contribution is 2.52. The van der Waals surface area contributed by atoms with Crippen LogP contribution in [0.15, 0.2) is 28.7 Å². The first-order valence-corrected chi connectivity index (χ1v) is 9.73. The summed E-state index contributed by atoms with van der Waals surface area (Å²) >= 11 is 3.63. The molecular weight excluding hydrogens is 394 g/mol. The van der Waals surface area contributed by atoms with Crippen molar-refractivity contribution in [3.8, 4) is 11.5 Å². The maximum absolute atomic E-state index is 6.17. The van der Waals surface area contributed by atoms with Crippen molar-refractivity contribution in [1.29, 1.82) is 0 Å². The molecule has 0 unspecified atom stereocenters. The summed E-state index contributed by atoms with van der Waals surface area (Å²) in [5.41, 5.74) is 6.22. The van der Waals surface area contributed by atoms with Gasteiger partial charge in [0.25, 0.3) is 0 Å². The average molecular weight is 418 g/mol. The van der Waals surface area contributed by atoms with E-state index < -0.39 is 0 Å². The number of hydrogen-bond acceptors (Lipinski definition) is 4. The second-order valence-electron chi connectivity index (χ2n) is 7.15. The highest BCUT2D eigenvalue weighted by atomic mass is 79.9. The average Bonchev–Trinajstić information content (AvgIpc) is 3.10. The van der Waals surface area contributed by atoms with Gasteiger partial charge in [-0.05, 0) is 59.5 Å². The fourth-order valence-corrected chi connectivity index (χ4v) is 5.02. The molecule has 0 saturated carbocycles. The van der Waals surface area contributed by atoms with Gasteiger partial charge >= 0.3 is 0 Å². The number of benzene rings is 2. The summed E-state index contributed by atoms with van der Waals surface area (Å²) in [5, 5.41) is 3.80. The molecule has 0 spiro atoms. The number of aryl methyl sites for hydroxylation is 2. The lowest BCUT2D eigenvalue weighted by Crippen LogP contribution is -2.30. The molecule has 1 saturated heterocycles. The Bertz CT molecular complexity index is 852. The van der Waals surface area contributed by atoms with Gasteiger partial charge in [0.2, 0.25) is 0 Å². The highest BCUT2D eigenvalue weighted by Gasteiger charge is 2.42. The van der Waals surface area contributed by atoms with E-state index in [4.69, 9.17) is 14.2 Å². The van der Waals surface area contributed by atoms with Gasteiger partial charge in [-0.2, -0.15) is 0 Å². The minimum absolute atomic E-state index is 0.140. The summed E-state index contributed by atoms with van der Waals surface area (Å²) in [5.74, 6) is 1.85. The van der Waals surface area contributed by atoms with E-state index in [9.17, 15) is 0 Å². The molecule has 1 N–H and O–H groups in total.